The van der Waals surface area contributed by atoms with Crippen molar-refractivity contribution in [2.45, 2.75) is 136 Å². The van der Waals surface area contributed by atoms with E-state index in [1.807, 2.05) is 12.1 Å². The monoisotopic (exact) mass is 785 g/mol. The number of ketones is 1. The fraction of sp³-hybridized carbons (Fsp3) is 0.756. The van der Waals surface area contributed by atoms with E-state index in [1.54, 1.807) is 19.4 Å². The van der Waals surface area contributed by atoms with Crippen LogP contribution in [0.15, 0.2) is 35.4 Å². The highest BCUT2D eigenvalue weighted by molar-refractivity contribution is 7.76. The van der Waals surface area contributed by atoms with Gasteiger partial charge < -0.3 is 14.7 Å². The molecule has 7 nitrogen and oxygen atoms in total. The number of hydrogen-bond donors (Lipinski definition) is 1. The first-order valence-corrected chi connectivity index (χ1v) is 24.0. The van der Waals surface area contributed by atoms with E-state index in [9.17, 15) is 19.5 Å². The highest BCUT2D eigenvalue weighted by atomic mass is 35.5. The third-order valence-corrected chi connectivity index (χ3v) is 20.4. The number of allylic oxidation sites excluding steroid dienone is 2. The number of likely N-dealkylation sites (N-methyl/N-ethyl adjacent to an activating group) is 1. The van der Waals surface area contributed by atoms with E-state index in [0.29, 0.717) is 35.4 Å². The maximum absolute atomic E-state index is 14.0. The predicted molar refractivity (Wildman–Crippen MR) is 224 cm³/mol. The third kappa shape index (κ3) is 9.32. The van der Waals surface area contributed by atoms with Crippen LogP contribution < -0.4 is 0 Å². The van der Waals surface area contributed by atoms with E-state index in [-0.39, 0.29) is 35.7 Å². The second kappa shape index (κ2) is 17.8. The summed E-state index contributed by atoms with van der Waals surface area (Å²) in [5, 5.41) is 10.4. The van der Waals surface area contributed by atoms with Crippen LogP contribution in [-0.2, 0) is 25.7 Å². The van der Waals surface area contributed by atoms with Crippen LogP contribution >= 0.6 is 18.9 Å². The van der Waals surface area contributed by atoms with Gasteiger partial charge in [-0.1, -0.05) is 69.5 Å². The van der Waals surface area contributed by atoms with Gasteiger partial charge in [-0.05, 0) is 114 Å². The van der Waals surface area contributed by atoms with E-state index in [4.69, 9.17) is 16.3 Å². The standard InChI is InChI=1S/C45H70ClN2O5P/c1-10-13-39-31(4)38(53-40(50)28-44(5,6)43(51)52)19-25-54(39,9)34-16-17-35-32(26-34)18-20-45(27-37(49)41(30(2)3)42(35)45)21-22-48(24-23-47(7)8)29-33-14-11-12-15-36(33)46/h11-12,14-15,30-32,34-35,38-39H,10,13,16-29H2,1-9H3/p+1. The molecule has 3 aliphatic carbocycles. The molecule has 1 aromatic carbocycles. The molecule has 0 spiro atoms. The number of benzene rings is 1. The van der Waals surface area contributed by atoms with Gasteiger partial charge in [-0.3, -0.25) is 19.3 Å². The fourth-order valence-corrected chi connectivity index (χ4v) is 17.1. The van der Waals surface area contributed by atoms with Crippen LogP contribution in [0.1, 0.15) is 118 Å². The first-order valence-electron chi connectivity index (χ1n) is 21.1. The van der Waals surface area contributed by atoms with E-state index in [2.05, 4.69) is 70.4 Å². The fourth-order valence-electron chi connectivity index (χ4n) is 11.3. The van der Waals surface area contributed by atoms with Gasteiger partial charge in [-0.2, -0.15) is 0 Å². The number of carboxylic acid groups (broad SMARTS) is 1. The summed E-state index contributed by atoms with van der Waals surface area (Å²) in [6.07, 6.45) is 11.8. The molecule has 3 fully saturated rings. The molecule has 4 aliphatic rings. The van der Waals surface area contributed by atoms with E-state index < -0.39 is 18.6 Å². The average molecular weight is 786 g/mol. The molecule has 8 unspecified atom stereocenters. The molecule has 0 radical (unpaired) electrons. The molecule has 9 heteroatoms. The zero-order valence-electron chi connectivity index (χ0n) is 35.0. The van der Waals surface area contributed by atoms with Crippen molar-refractivity contribution in [2.24, 2.45) is 34.5 Å². The minimum atomic E-state index is -1.38. The number of carboxylic acids is 1. The Morgan fingerprint density at radius 1 is 1.09 bits per heavy atom. The number of nitrogens with zero attached hydrogens (tertiary/aromatic N) is 2. The topological polar surface area (TPSA) is 87.2 Å². The quantitative estimate of drug-likeness (QED) is 0.132. The number of rotatable bonds is 16. The Morgan fingerprint density at radius 2 is 1.81 bits per heavy atom. The molecule has 1 aliphatic heterocycles. The number of ether oxygens (including phenoxy) is 1. The molecule has 1 N–H and O–H groups in total. The average Bonchev–Trinajstić information content (AvgIpc) is 3.42. The van der Waals surface area contributed by atoms with E-state index >= 15 is 0 Å². The van der Waals surface area contributed by atoms with Crippen molar-refractivity contribution < 1.29 is 24.2 Å². The zero-order valence-corrected chi connectivity index (χ0v) is 36.6. The summed E-state index contributed by atoms with van der Waals surface area (Å²) in [5.74, 6) is 0.706. The number of esters is 1. The summed E-state index contributed by atoms with van der Waals surface area (Å²) in [7, 11) is 2.89. The van der Waals surface area contributed by atoms with Crippen LogP contribution in [0.2, 0.25) is 5.02 Å². The first-order chi connectivity index (χ1) is 25.4. The molecule has 54 heavy (non-hydrogen) atoms. The van der Waals surface area contributed by atoms with Gasteiger partial charge in [0.2, 0.25) is 0 Å². The lowest BCUT2D eigenvalue weighted by atomic mass is 9.57. The molecule has 2 saturated carbocycles. The highest BCUT2D eigenvalue weighted by Gasteiger charge is 2.59. The highest BCUT2D eigenvalue weighted by Crippen LogP contribution is 2.74. The third-order valence-electron chi connectivity index (χ3n) is 14.4. The summed E-state index contributed by atoms with van der Waals surface area (Å²) in [5.41, 5.74) is 4.00. The Labute approximate surface area is 332 Å². The molecule has 0 aromatic heterocycles. The van der Waals surface area contributed by atoms with Gasteiger partial charge in [-0.15, -0.1) is 0 Å². The molecule has 302 valence electrons. The van der Waals surface area contributed by atoms with Crippen molar-refractivity contribution >= 4 is 36.6 Å². The van der Waals surface area contributed by atoms with Crippen LogP contribution in [-0.4, -0.2) is 96.6 Å². The Hall–Kier alpha value is -1.79. The van der Waals surface area contributed by atoms with E-state index in [1.165, 1.54) is 36.8 Å². The molecular formula is C45H71ClN2O5P+. The SMILES string of the molecule is CCCC1C(C)C(OC(=O)CC(C)(C)C(=O)O)CC[P+]1(C)C1CCC2C3=C(C(C)C)C(=O)CC3(CCN(CCN(C)C)Cc3ccccc3Cl)CCC2C1. The Morgan fingerprint density at radius 3 is 2.46 bits per heavy atom. The summed E-state index contributed by atoms with van der Waals surface area (Å²) >= 11 is 6.66. The predicted octanol–water partition coefficient (Wildman–Crippen LogP) is 9.85. The molecule has 1 aromatic rings. The summed E-state index contributed by atoms with van der Waals surface area (Å²) < 4.78 is 6.11. The molecule has 0 amide bonds. The number of Topliss-reactive ketones (excluding diaryl/α,β-unsaturated/α-hetero) is 1. The van der Waals surface area contributed by atoms with Gasteiger partial charge in [0.05, 0.1) is 29.3 Å². The molecular weight excluding hydrogens is 715 g/mol. The van der Waals surface area contributed by atoms with Crippen molar-refractivity contribution in [3.63, 3.8) is 0 Å². The Bertz CT molecular complexity index is 1540. The maximum atomic E-state index is 14.0. The van der Waals surface area contributed by atoms with Crippen molar-refractivity contribution in [1.29, 1.82) is 0 Å². The number of fused-ring (bicyclic) bond motifs is 3. The molecule has 8 atom stereocenters. The zero-order chi connectivity index (χ0) is 39.6. The van der Waals surface area contributed by atoms with Crippen molar-refractivity contribution in [1.82, 2.24) is 9.80 Å². The van der Waals surface area contributed by atoms with Gasteiger partial charge in [0.1, 0.15) is 6.10 Å². The first kappa shape index (κ1) is 43.3. The number of carbonyl (C=O) groups is 3. The second-order valence-corrected chi connectivity index (χ2v) is 24.1. The van der Waals surface area contributed by atoms with Crippen LogP contribution in [0.25, 0.3) is 0 Å². The van der Waals surface area contributed by atoms with Crippen LogP contribution in [0, 0.1) is 34.5 Å². The molecule has 1 heterocycles. The van der Waals surface area contributed by atoms with Crippen LogP contribution in [0.3, 0.4) is 0 Å². The second-order valence-electron chi connectivity index (χ2n) is 19.1. The Balaban J connectivity index is 1.33. The summed E-state index contributed by atoms with van der Waals surface area (Å²) in [6, 6.07) is 8.21. The lowest BCUT2D eigenvalue weighted by Crippen LogP contribution is -2.47. The number of hydrogen-bond acceptors (Lipinski definition) is 6. The molecule has 5 rings (SSSR count). The molecule has 0 bridgehead atoms. The summed E-state index contributed by atoms with van der Waals surface area (Å²) in [6.45, 7) is 18.6. The van der Waals surface area contributed by atoms with Crippen LogP contribution in [0.5, 0.6) is 0 Å². The van der Waals surface area contributed by atoms with Gasteiger partial charge in [-0.25, -0.2) is 0 Å². The Kier molecular flexibility index (Phi) is 14.3. The minimum Gasteiger partial charge on any atom is -0.481 e. The lowest BCUT2D eigenvalue weighted by molar-refractivity contribution is -0.161. The smallest absolute Gasteiger partial charge is 0.309 e. The lowest BCUT2D eigenvalue weighted by Gasteiger charge is -2.53. The minimum absolute atomic E-state index is 0.0308. The molecule has 1 saturated heterocycles. The van der Waals surface area contributed by atoms with Gasteiger partial charge in [0.25, 0.3) is 0 Å². The number of aliphatic carboxylic acids is 1. The van der Waals surface area contributed by atoms with Crippen LogP contribution in [0.4, 0.5) is 0 Å². The van der Waals surface area contributed by atoms with E-state index in [0.717, 1.165) is 69.5 Å². The van der Waals surface area contributed by atoms with Gasteiger partial charge in [0.15, 0.2) is 5.78 Å². The largest absolute Gasteiger partial charge is 0.481 e. The van der Waals surface area contributed by atoms with Crippen molar-refractivity contribution in [3.8, 4) is 0 Å². The normalized spacial score (nSPS) is 31.6. The van der Waals surface area contributed by atoms with Gasteiger partial charge >= 0.3 is 11.9 Å². The number of halogens is 1. The van der Waals surface area contributed by atoms with Crippen molar-refractivity contribution in [2.75, 3.05) is 46.6 Å². The number of carbonyl (C=O) groups excluding carboxylic acids is 2. The maximum Gasteiger partial charge on any atom is 0.309 e. The summed E-state index contributed by atoms with van der Waals surface area (Å²) in [4.78, 5) is 43.6. The van der Waals surface area contributed by atoms with Gasteiger partial charge in [0, 0.05) is 62.8 Å². The van der Waals surface area contributed by atoms with Crippen molar-refractivity contribution in [3.05, 3.63) is 46.0 Å².